The fourth-order valence-electron chi connectivity index (χ4n) is 2.83. The number of rotatable bonds is 5. The molecule has 118 valence electrons. The van der Waals surface area contributed by atoms with Crippen LogP contribution in [0, 0.1) is 5.82 Å². The van der Waals surface area contributed by atoms with Gasteiger partial charge in [0.05, 0.1) is 11.5 Å². The van der Waals surface area contributed by atoms with Gasteiger partial charge in [0.1, 0.15) is 5.82 Å². The lowest BCUT2D eigenvalue weighted by Crippen LogP contribution is -2.35. The monoisotopic (exact) mass is 339 g/mol. The van der Waals surface area contributed by atoms with Crippen LogP contribution in [0.2, 0.25) is 0 Å². The third-order valence-corrected chi connectivity index (χ3v) is 6.61. The molecule has 2 heterocycles. The zero-order valence-electron chi connectivity index (χ0n) is 12.1. The number of nitrogens with zero attached hydrogens (tertiary/aromatic N) is 1. The maximum Gasteiger partial charge on any atom is 0.151 e. The van der Waals surface area contributed by atoms with Crippen LogP contribution in [0.1, 0.15) is 16.9 Å². The average molecular weight is 339 g/mol. The molecule has 3 nitrogen and oxygen atoms in total. The van der Waals surface area contributed by atoms with Gasteiger partial charge in [0.15, 0.2) is 9.84 Å². The third kappa shape index (κ3) is 3.74. The molecule has 1 fully saturated rings. The first kappa shape index (κ1) is 15.6. The van der Waals surface area contributed by atoms with Crippen molar-refractivity contribution in [1.29, 1.82) is 0 Å². The standard InChI is InChI=1S/C16H18FNO2S2/c17-16-6-2-1-4-13(16)10-18(11-15-5-3-8-21-15)14-7-9-22(19,20)12-14/h1-6,8,14H,7,9-12H2/t14-/m1/s1. The summed E-state index contributed by atoms with van der Waals surface area (Å²) in [6, 6.07) is 10.7. The molecule has 1 aromatic heterocycles. The van der Waals surface area contributed by atoms with Gasteiger partial charge in [-0.25, -0.2) is 12.8 Å². The van der Waals surface area contributed by atoms with Crippen LogP contribution < -0.4 is 0 Å². The molecule has 1 aliphatic heterocycles. The summed E-state index contributed by atoms with van der Waals surface area (Å²) in [5, 5.41) is 2.00. The van der Waals surface area contributed by atoms with Gasteiger partial charge in [-0.1, -0.05) is 24.3 Å². The fraction of sp³-hybridized carbons (Fsp3) is 0.375. The summed E-state index contributed by atoms with van der Waals surface area (Å²) in [7, 11) is -2.95. The second kappa shape index (κ2) is 6.48. The molecule has 0 spiro atoms. The van der Waals surface area contributed by atoms with E-state index in [1.165, 1.54) is 10.9 Å². The highest BCUT2D eigenvalue weighted by Crippen LogP contribution is 2.24. The van der Waals surface area contributed by atoms with Crippen molar-refractivity contribution in [2.75, 3.05) is 11.5 Å². The maximum atomic E-state index is 13.9. The zero-order chi connectivity index (χ0) is 15.6. The van der Waals surface area contributed by atoms with Gasteiger partial charge in [-0.05, 0) is 23.9 Å². The zero-order valence-corrected chi connectivity index (χ0v) is 13.7. The molecule has 0 saturated carbocycles. The Kier molecular flexibility index (Phi) is 4.61. The molecule has 1 saturated heterocycles. The quantitative estimate of drug-likeness (QED) is 0.840. The molecule has 1 aromatic carbocycles. The maximum absolute atomic E-state index is 13.9. The molecule has 6 heteroatoms. The van der Waals surface area contributed by atoms with E-state index < -0.39 is 9.84 Å². The van der Waals surface area contributed by atoms with Crippen molar-refractivity contribution in [3.8, 4) is 0 Å². The van der Waals surface area contributed by atoms with Gasteiger partial charge < -0.3 is 0 Å². The lowest BCUT2D eigenvalue weighted by molar-refractivity contribution is 0.193. The van der Waals surface area contributed by atoms with Gasteiger partial charge in [-0.3, -0.25) is 4.90 Å². The lowest BCUT2D eigenvalue weighted by Gasteiger charge is -2.27. The molecule has 2 aromatic rings. The molecule has 22 heavy (non-hydrogen) atoms. The predicted molar refractivity (Wildman–Crippen MR) is 87.0 cm³/mol. The fourth-order valence-corrected chi connectivity index (χ4v) is 5.32. The van der Waals surface area contributed by atoms with E-state index in [4.69, 9.17) is 0 Å². The van der Waals surface area contributed by atoms with Crippen LogP contribution in [0.15, 0.2) is 41.8 Å². The molecule has 0 radical (unpaired) electrons. The van der Waals surface area contributed by atoms with Crippen LogP contribution in [0.3, 0.4) is 0 Å². The van der Waals surface area contributed by atoms with Crippen LogP contribution in [0.25, 0.3) is 0 Å². The first-order valence-corrected chi connectivity index (χ1v) is 9.94. The predicted octanol–water partition coefficient (Wildman–Crippen LogP) is 3.08. The van der Waals surface area contributed by atoms with Gasteiger partial charge in [0.25, 0.3) is 0 Å². The molecule has 0 bridgehead atoms. The molecule has 1 atom stereocenters. The number of halogens is 1. The Balaban J connectivity index is 1.81. The Morgan fingerprint density at radius 3 is 2.64 bits per heavy atom. The van der Waals surface area contributed by atoms with Gasteiger partial charge >= 0.3 is 0 Å². The Morgan fingerprint density at radius 2 is 2.00 bits per heavy atom. The highest BCUT2D eigenvalue weighted by atomic mass is 32.2. The van der Waals surface area contributed by atoms with Crippen molar-refractivity contribution in [2.24, 2.45) is 0 Å². The number of thiophene rings is 1. The van der Waals surface area contributed by atoms with Gasteiger partial charge in [0.2, 0.25) is 0 Å². The first-order chi connectivity index (χ1) is 10.5. The molecular formula is C16H18FNO2S2. The summed E-state index contributed by atoms with van der Waals surface area (Å²) in [4.78, 5) is 3.26. The summed E-state index contributed by atoms with van der Waals surface area (Å²) < 4.78 is 37.5. The summed E-state index contributed by atoms with van der Waals surface area (Å²) in [5.41, 5.74) is 0.614. The highest BCUT2D eigenvalue weighted by molar-refractivity contribution is 7.91. The molecular weight excluding hydrogens is 321 g/mol. The Bertz CT molecular complexity index is 728. The van der Waals surface area contributed by atoms with E-state index in [1.807, 2.05) is 23.6 Å². The molecule has 3 rings (SSSR count). The van der Waals surface area contributed by atoms with Gasteiger partial charge in [0, 0.05) is 29.6 Å². The van der Waals surface area contributed by atoms with Crippen molar-refractivity contribution >= 4 is 21.2 Å². The summed E-state index contributed by atoms with van der Waals surface area (Å²) >= 11 is 1.64. The van der Waals surface area contributed by atoms with E-state index in [0.717, 1.165) is 0 Å². The second-order valence-corrected chi connectivity index (χ2v) is 8.89. The van der Waals surface area contributed by atoms with Gasteiger partial charge in [-0.2, -0.15) is 0 Å². The summed E-state index contributed by atoms with van der Waals surface area (Å²) in [6.07, 6.45) is 0.627. The Labute approximate surface area is 134 Å². The second-order valence-electron chi connectivity index (χ2n) is 5.63. The van der Waals surface area contributed by atoms with Crippen molar-refractivity contribution in [1.82, 2.24) is 4.90 Å². The molecule has 1 aliphatic rings. The highest BCUT2D eigenvalue weighted by Gasteiger charge is 2.32. The molecule has 0 unspecified atom stereocenters. The minimum atomic E-state index is -2.95. The number of benzene rings is 1. The minimum absolute atomic E-state index is 0.0355. The van der Waals surface area contributed by atoms with E-state index in [-0.39, 0.29) is 23.4 Å². The van der Waals surface area contributed by atoms with Gasteiger partial charge in [-0.15, -0.1) is 11.3 Å². The van der Waals surface area contributed by atoms with E-state index >= 15 is 0 Å². The van der Waals surface area contributed by atoms with Crippen LogP contribution in [-0.2, 0) is 22.9 Å². The van der Waals surface area contributed by atoms with Crippen molar-refractivity contribution in [3.63, 3.8) is 0 Å². The van der Waals surface area contributed by atoms with Crippen molar-refractivity contribution in [2.45, 2.75) is 25.6 Å². The molecule has 0 amide bonds. The van der Waals surface area contributed by atoms with Crippen molar-refractivity contribution < 1.29 is 12.8 Å². The lowest BCUT2D eigenvalue weighted by atomic mass is 10.1. The number of hydrogen-bond acceptors (Lipinski definition) is 4. The normalized spacial score (nSPS) is 20.5. The Hall–Kier alpha value is -1.24. The minimum Gasteiger partial charge on any atom is -0.290 e. The number of hydrogen-bond donors (Lipinski definition) is 0. The average Bonchev–Trinajstić information content (AvgIpc) is 3.10. The molecule has 0 N–H and O–H groups in total. The van der Waals surface area contributed by atoms with Crippen LogP contribution in [0.5, 0.6) is 0 Å². The van der Waals surface area contributed by atoms with Crippen LogP contribution in [-0.4, -0.2) is 30.9 Å². The molecule has 0 aliphatic carbocycles. The van der Waals surface area contributed by atoms with E-state index in [0.29, 0.717) is 25.1 Å². The first-order valence-electron chi connectivity index (χ1n) is 7.24. The van der Waals surface area contributed by atoms with Crippen LogP contribution >= 0.6 is 11.3 Å². The smallest absolute Gasteiger partial charge is 0.151 e. The largest absolute Gasteiger partial charge is 0.290 e. The van der Waals surface area contributed by atoms with Crippen LogP contribution in [0.4, 0.5) is 4.39 Å². The Morgan fingerprint density at radius 1 is 1.18 bits per heavy atom. The summed E-state index contributed by atoms with van der Waals surface area (Å²) in [6.45, 7) is 1.09. The van der Waals surface area contributed by atoms with E-state index in [1.54, 1.807) is 23.5 Å². The topological polar surface area (TPSA) is 37.4 Å². The summed E-state index contributed by atoms with van der Waals surface area (Å²) in [5.74, 6) is 0.169. The van der Waals surface area contributed by atoms with E-state index in [2.05, 4.69) is 4.90 Å². The third-order valence-electron chi connectivity index (χ3n) is 4.00. The number of sulfone groups is 1. The van der Waals surface area contributed by atoms with Crippen molar-refractivity contribution in [3.05, 3.63) is 58.0 Å². The van der Waals surface area contributed by atoms with E-state index in [9.17, 15) is 12.8 Å². The SMILES string of the molecule is O=S1(=O)CC[C@@H](N(Cc2cccs2)Cc2ccccc2F)C1.